The SMILES string of the molecule is CNC(=O)NC(=O)[C@@H](c1ccccc1)N(C)CC(=O)NC1CC1. The summed E-state index contributed by atoms with van der Waals surface area (Å²) in [5.74, 6) is -0.596. The minimum Gasteiger partial charge on any atom is -0.352 e. The predicted molar refractivity (Wildman–Crippen MR) is 85.6 cm³/mol. The third kappa shape index (κ3) is 5.07. The second kappa shape index (κ2) is 7.73. The number of likely N-dealkylation sites (N-methyl/N-ethyl adjacent to an activating group) is 1. The van der Waals surface area contributed by atoms with E-state index in [1.165, 1.54) is 7.05 Å². The van der Waals surface area contributed by atoms with Gasteiger partial charge in [-0.15, -0.1) is 0 Å². The van der Waals surface area contributed by atoms with E-state index >= 15 is 0 Å². The maximum absolute atomic E-state index is 12.4. The molecule has 1 aromatic carbocycles. The Morgan fingerprint density at radius 2 is 1.87 bits per heavy atom. The Kier molecular flexibility index (Phi) is 5.70. The first-order valence-electron chi connectivity index (χ1n) is 7.58. The number of carbonyl (C=O) groups is 3. The van der Waals surface area contributed by atoms with Crippen LogP contribution in [0.1, 0.15) is 24.4 Å². The van der Waals surface area contributed by atoms with E-state index in [1.807, 2.05) is 18.2 Å². The van der Waals surface area contributed by atoms with Crippen LogP contribution in [-0.2, 0) is 9.59 Å². The van der Waals surface area contributed by atoms with Gasteiger partial charge in [-0.25, -0.2) is 4.79 Å². The van der Waals surface area contributed by atoms with Crippen molar-refractivity contribution in [3.63, 3.8) is 0 Å². The molecular weight excluding hydrogens is 296 g/mol. The second-order valence-corrected chi connectivity index (χ2v) is 5.64. The lowest BCUT2D eigenvalue weighted by Gasteiger charge is -2.26. The number of carbonyl (C=O) groups excluding carboxylic acids is 3. The summed E-state index contributed by atoms with van der Waals surface area (Å²) >= 11 is 0. The zero-order chi connectivity index (χ0) is 16.8. The van der Waals surface area contributed by atoms with Crippen molar-refractivity contribution >= 4 is 17.8 Å². The van der Waals surface area contributed by atoms with Crippen LogP contribution in [0.4, 0.5) is 4.79 Å². The molecule has 23 heavy (non-hydrogen) atoms. The van der Waals surface area contributed by atoms with Crippen LogP contribution in [0, 0.1) is 0 Å². The molecule has 7 heteroatoms. The van der Waals surface area contributed by atoms with Gasteiger partial charge in [0.2, 0.25) is 11.8 Å². The molecular formula is C16H22N4O3. The van der Waals surface area contributed by atoms with Crippen LogP contribution in [0.25, 0.3) is 0 Å². The molecule has 1 fully saturated rings. The van der Waals surface area contributed by atoms with Crippen LogP contribution in [0.5, 0.6) is 0 Å². The largest absolute Gasteiger partial charge is 0.352 e. The molecule has 0 unspecified atom stereocenters. The molecule has 0 spiro atoms. The van der Waals surface area contributed by atoms with Gasteiger partial charge in [-0.1, -0.05) is 30.3 Å². The van der Waals surface area contributed by atoms with E-state index in [0.29, 0.717) is 0 Å². The summed E-state index contributed by atoms with van der Waals surface area (Å²) in [6.07, 6.45) is 2.02. The summed E-state index contributed by atoms with van der Waals surface area (Å²) in [7, 11) is 3.13. The quantitative estimate of drug-likeness (QED) is 0.708. The maximum Gasteiger partial charge on any atom is 0.321 e. The molecule has 0 aliphatic heterocycles. The molecule has 7 nitrogen and oxygen atoms in total. The van der Waals surface area contributed by atoms with E-state index < -0.39 is 18.0 Å². The number of urea groups is 1. The molecule has 0 radical (unpaired) electrons. The van der Waals surface area contributed by atoms with Crippen molar-refractivity contribution in [3.05, 3.63) is 35.9 Å². The maximum atomic E-state index is 12.4. The highest BCUT2D eigenvalue weighted by Crippen LogP contribution is 2.21. The average Bonchev–Trinajstić information content (AvgIpc) is 3.32. The lowest BCUT2D eigenvalue weighted by atomic mass is 10.0. The Bertz CT molecular complexity index is 572. The van der Waals surface area contributed by atoms with Gasteiger partial charge in [0.05, 0.1) is 6.54 Å². The van der Waals surface area contributed by atoms with Crippen molar-refractivity contribution in [3.8, 4) is 0 Å². The molecule has 0 heterocycles. The molecule has 1 atom stereocenters. The average molecular weight is 318 g/mol. The van der Waals surface area contributed by atoms with Crippen LogP contribution in [-0.4, -0.2) is 49.4 Å². The zero-order valence-electron chi connectivity index (χ0n) is 13.3. The molecule has 2 rings (SSSR count). The van der Waals surface area contributed by atoms with Crippen molar-refractivity contribution in [1.29, 1.82) is 0 Å². The number of nitrogens with zero attached hydrogens (tertiary/aromatic N) is 1. The van der Waals surface area contributed by atoms with E-state index in [2.05, 4.69) is 16.0 Å². The minimum atomic E-state index is -0.724. The predicted octanol–water partition coefficient (Wildman–Crippen LogP) is 0.394. The number of hydrogen-bond donors (Lipinski definition) is 3. The van der Waals surface area contributed by atoms with Gasteiger partial charge in [-0.05, 0) is 25.5 Å². The highest BCUT2D eigenvalue weighted by atomic mass is 16.2. The first kappa shape index (κ1) is 17.0. The van der Waals surface area contributed by atoms with E-state index in [4.69, 9.17) is 0 Å². The third-order valence-corrected chi connectivity index (χ3v) is 3.60. The number of rotatable bonds is 6. The van der Waals surface area contributed by atoms with Crippen molar-refractivity contribution < 1.29 is 14.4 Å². The molecule has 0 saturated heterocycles. The highest BCUT2D eigenvalue weighted by Gasteiger charge is 2.29. The van der Waals surface area contributed by atoms with Gasteiger partial charge in [-0.2, -0.15) is 0 Å². The molecule has 1 aromatic rings. The highest BCUT2D eigenvalue weighted by molar-refractivity contribution is 5.97. The molecule has 0 aromatic heterocycles. The molecule has 1 saturated carbocycles. The summed E-state index contributed by atoms with van der Waals surface area (Å²) in [4.78, 5) is 37.4. The number of imide groups is 1. The first-order chi connectivity index (χ1) is 11.0. The zero-order valence-corrected chi connectivity index (χ0v) is 13.3. The topological polar surface area (TPSA) is 90.5 Å². The van der Waals surface area contributed by atoms with E-state index in [0.717, 1.165) is 18.4 Å². The van der Waals surface area contributed by atoms with Crippen LogP contribution >= 0.6 is 0 Å². The van der Waals surface area contributed by atoms with Gasteiger partial charge in [0, 0.05) is 13.1 Å². The molecule has 124 valence electrons. The van der Waals surface area contributed by atoms with Crippen LogP contribution in [0.2, 0.25) is 0 Å². The fourth-order valence-electron chi connectivity index (χ4n) is 2.30. The Morgan fingerprint density at radius 1 is 1.22 bits per heavy atom. The van der Waals surface area contributed by atoms with Gasteiger partial charge < -0.3 is 10.6 Å². The summed E-state index contributed by atoms with van der Waals surface area (Å²) in [5.41, 5.74) is 0.718. The van der Waals surface area contributed by atoms with E-state index in [9.17, 15) is 14.4 Å². The van der Waals surface area contributed by atoms with Gasteiger partial charge in [0.1, 0.15) is 6.04 Å². The normalized spacial score (nSPS) is 14.9. The van der Waals surface area contributed by atoms with Crippen LogP contribution < -0.4 is 16.0 Å². The monoisotopic (exact) mass is 318 g/mol. The van der Waals surface area contributed by atoms with Gasteiger partial charge in [0.15, 0.2) is 0 Å². The molecule has 1 aliphatic rings. The lowest BCUT2D eigenvalue weighted by molar-refractivity contribution is -0.127. The van der Waals surface area contributed by atoms with Crippen molar-refractivity contribution in [2.75, 3.05) is 20.6 Å². The van der Waals surface area contributed by atoms with Gasteiger partial charge in [-0.3, -0.25) is 19.8 Å². The van der Waals surface area contributed by atoms with Crippen LogP contribution in [0.15, 0.2) is 30.3 Å². The third-order valence-electron chi connectivity index (χ3n) is 3.60. The van der Waals surface area contributed by atoms with Crippen molar-refractivity contribution in [2.45, 2.75) is 24.9 Å². The summed E-state index contributed by atoms with van der Waals surface area (Å²) < 4.78 is 0. The molecule has 4 amide bonds. The standard InChI is InChI=1S/C16H22N4O3/c1-17-16(23)19-15(22)14(11-6-4-3-5-7-11)20(2)10-13(21)18-12-8-9-12/h3-7,12,14H,8-10H2,1-2H3,(H,18,21)(H2,17,19,22,23)/t14-/m1/s1. The number of hydrogen-bond acceptors (Lipinski definition) is 4. The fourth-order valence-corrected chi connectivity index (χ4v) is 2.30. The van der Waals surface area contributed by atoms with Gasteiger partial charge >= 0.3 is 6.03 Å². The smallest absolute Gasteiger partial charge is 0.321 e. The summed E-state index contributed by atoms with van der Waals surface area (Å²) in [5, 5.41) is 7.51. The molecule has 1 aliphatic carbocycles. The Labute approximate surface area is 135 Å². The van der Waals surface area contributed by atoms with Crippen LogP contribution in [0.3, 0.4) is 0 Å². The molecule has 0 bridgehead atoms. The van der Waals surface area contributed by atoms with Crippen molar-refractivity contribution in [1.82, 2.24) is 20.9 Å². The lowest BCUT2D eigenvalue weighted by Crippen LogP contribution is -2.47. The summed E-state index contributed by atoms with van der Waals surface area (Å²) in [6.45, 7) is 0.0806. The summed E-state index contributed by atoms with van der Waals surface area (Å²) in [6, 6.07) is 8.03. The number of amides is 4. The number of nitrogens with one attached hydrogen (secondary N) is 3. The van der Waals surface area contributed by atoms with E-state index in [-0.39, 0.29) is 18.5 Å². The first-order valence-corrected chi connectivity index (χ1v) is 7.58. The molecule has 3 N–H and O–H groups in total. The van der Waals surface area contributed by atoms with Crippen molar-refractivity contribution in [2.24, 2.45) is 0 Å². The number of benzene rings is 1. The van der Waals surface area contributed by atoms with E-state index in [1.54, 1.807) is 24.1 Å². The minimum absolute atomic E-state index is 0.0806. The Balaban J connectivity index is 2.09. The second-order valence-electron chi connectivity index (χ2n) is 5.64. The fraction of sp³-hybridized carbons (Fsp3) is 0.438. The Morgan fingerprint density at radius 3 is 2.43 bits per heavy atom. The Hall–Kier alpha value is -2.41. The van der Waals surface area contributed by atoms with Gasteiger partial charge in [0.25, 0.3) is 0 Å².